The molecule has 6 nitrogen and oxygen atoms in total. The van der Waals surface area contributed by atoms with Crippen molar-refractivity contribution in [2.75, 3.05) is 6.61 Å². The van der Waals surface area contributed by atoms with Gasteiger partial charge in [-0.3, -0.25) is 9.59 Å². The summed E-state index contributed by atoms with van der Waals surface area (Å²) < 4.78 is 13.0. The van der Waals surface area contributed by atoms with Gasteiger partial charge in [0.05, 0.1) is 5.39 Å². The number of amides is 2. The second kappa shape index (κ2) is 8.28. The smallest absolute Gasteiger partial charge is 0.294 e. The molecule has 2 aromatic carbocycles. The predicted molar refractivity (Wildman–Crippen MR) is 125 cm³/mol. The molecule has 5 rings (SSSR count). The number of furan rings is 1. The van der Waals surface area contributed by atoms with Gasteiger partial charge in [0.1, 0.15) is 12.2 Å². The summed E-state index contributed by atoms with van der Waals surface area (Å²) in [5, 5.41) is 3.90. The number of rotatable bonds is 4. The topological polar surface area (TPSA) is 71.8 Å². The van der Waals surface area contributed by atoms with Gasteiger partial charge in [0, 0.05) is 17.1 Å². The van der Waals surface area contributed by atoms with Crippen LogP contribution in [0.3, 0.4) is 0 Å². The van der Waals surface area contributed by atoms with Crippen LogP contribution >= 0.6 is 15.9 Å². The maximum absolute atomic E-state index is 13.8. The third kappa shape index (κ3) is 3.68. The Labute approximate surface area is 195 Å². The number of carbonyl (C=O) groups excluding carboxylic acids is 2. The number of fused-ring (bicyclic) bond motifs is 3. The standard InChI is InChI=1S/C25H25BrN2O4/c1-25(24(30)27-18-9-2-3-10-18)15-31-21-19-11-4-5-12-20(19)32-22(21)23(29)28(25)14-16-7-6-8-17(26)13-16/h4-8,11-13,18H,2-3,9-10,14-15H2,1H3,(H,27,30). The molecule has 0 bridgehead atoms. The van der Waals surface area contributed by atoms with E-state index >= 15 is 0 Å². The second-order valence-corrected chi connectivity index (χ2v) is 9.71. The molecule has 2 heterocycles. The van der Waals surface area contributed by atoms with Crippen molar-refractivity contribution in [3.63, 3.8) is 0 Å². The number of ether oxygens (including phenoxy) is 1. The molecule has 1 atom stereocenters. The van der Waals surface area contributed by atoms with Crippen LogP contribution in [0, 0.1) is 0 Å². The number of hydrogen-bond donors (Lipinski definition) is 1. The third-order valence-corrected chi connectivity index (χ3v) is 6.99. The molecule has 2 amide bonds. The van der Waals surface area contributed by atoms with E-state index in [1.165, 1.54) is 0 Å². The summed E-state index contributed by atoms with van der Waals surface area (Å²) in [7, 11) is 0. The lowest BCUT2D eigenvalue weighted by Gasteiger charge is -2.38. The lowest BCUT2D eigenvalue weighted by Crippen LogP contribution is -2.62. The molecule has 1 aliphatic heterocycles. The quantitative estimate of drug-likeness (QED) is 0.548. The highest BCUT2D eigenvalue weighted by Gasteiger charge is 2.48. The molecule has 1 fully saturated rings. The summed E-state index contributed by atoms with van der Waals surface area (Å²) in [4.78, 5) is 29.0. The van der Waals surface area contributed by atoms with Crippen LogP contribution in [0.25, 0.3) is 11.0 Å². The summed E-state index contributed by atoms with van der Waals surface area (Å²) in [6.07, 6.45) is 4.15. The van der Waals surface area contributed by atoms with Gasteiger partial charge in [-0.15, -0.1) is 0 Å². The van der Waals surface area contributed by atoms with Crippen LogP contribution in [-0.2, 0) is 11.3 Å². The molecule has 1 N–H and O–H groups in total. The first-order valence-electron chi connectivity index (χ1n) is 11.0. The Balaban J connectivity index is 1.56. The summed E-state index contributed by atoms with van der Waals surface area (Å²) in [5.41, 5.74) is 0.310. The van der Waals surface area contributed by atoms with Crippen molar-refractivity contribution < 1.29 is 18.7 Å². The third-order valence-electron chi connectivity index (χ3n) is 6.49. The maximum Gasteiger partial charge on any atom is 0.294 e. The molecule has 0 saturated heterocycles. The van der Waals surface area contributed by atoms with Crippen LogP contribution < -0.4 is 10.1 Å². The zero-order chi connectivity index (χ0) is 22.3. The zero-order valence-electron chi connectivity index (χ0n) is 17.9. The maximum atomic E-state index is 13.8. The Morgan fingerprint density at radius 2 is 1.97 bits per heavy atom. The summed E-state index contributed by atoms with van der Waals surface area (Å²) >= 11 is 3.50. The normalized spacial score (nSPS) is 21.3. The number of nitrogens with one attached hydrogen (secondary N) is 1. The average Bonchev–Trinajstić information content (AvgIpc) is 3.41. The molecule has 0 spiro atoms. The van der Waals surface area contributed by atoms with E-state index in [9.17, 15) is 9.59 Å². The molecule has 3 aromatic rings. The van der Waals surface area contributed by atoms with Gasteiger partial charge in [-0.1, -0.05) is 53.0 Å². The fourth-order valence-electron chi connectivity index (χ4n) is 4.61. The van der Waals surface area contributed by atoms with Crippen LogP contribution in [0.15, 0.2) is 57.4 Å². The minimum absolute atomic E-state index is 0.0435. The molecule has 166 valence electrons. The van der Waals surface area contributed by atoms with Gasteiger partial charge in [-0.2, -0.15) is 0 Å². The fourth-order valence-corrected chi connectivity index (χ4v) is 5.05. The van der Waals surface area contributed by atoms with E-state index in [4.69, 9.17) is 9.15 Å². The van der Waals surface area contributed by atoms with Gasteiger partial charge in [-0.25, -0.2) is 0 Å². The number of carbonyl (C=O) groups is 2. The molecular weight excluding hydrogens is 472 g/mol. The molecular formula is C25H25BrN2O4. The highest BCUT2D eigenvalue weighted by Crippen LogP contribution is 2.39. The first-order chi connectivity index (χ1) is 15.5. The average molecular weight is 497 g/mol. The van der Waals surface area contributed by atoms with Crippen molar-refractivity contribution in [2.45, 2.75) is 50.7 Å². The van der Waals surface area contributed by atoms with Gasteiger partial charge in [0.2, 0.25) is 11.7 Å². The Hall–Kier alpha value is -2.80. The Kier molecular flexibility index (Phi) is 5.45. The van der Waals surface area contributed by atoms with Crippen LogP contribution in [0.4, 0.5) is 0 Å². The van der Waals surface area contributed by atoms with Gasteiger partial charge in [0.25, 0.3) is 5.91 Å². The first kappa shape index (κ1) is 21.1. The first-order valence-corrected chi connectivity index (χ1v) is 11.8. The van der Waals surface area contributed by atoms with Crippen molar-refractivity contribution in [3.8, 4) is 5.75 Å². The molecule has 1 saturated carbocycles. The van der Waals surface area contributed by atoms with E-state index in [0.717, 1.165) is 41.1 Å². The molecule has 7 heteroatoms. The van der Waals surface area contributed by atoms with E-state index in [-0.39, 0.29) is 36.8 Å². The molecule has 32 heavy (non-hydrogen) atoms. The van der Waals surface area contributed by atoms with Gasteiger partial charge in [-0.05, 0) is 49.6 Å². The summed E-state index contributed by atoms with van der Waals surface area (Å²) in [5.74, 6) is 0.000717. The van der Waals surface area contributed by atoms with Gasteiger partial charge >= 0.3 is 0 Å². The summed E-state index contributed by atoms with van der Waals surface area (Å²) in [6.45, 7) is 2.08. The van der Waals surface area contributed by atoms with Crippen molar-refractivity contribution >= 4 is 38.7 Å². The van der Waals surface area contributed by atoms with Crippen LogP contribution in [0.5, 0.6) is 5.75 Å². The molecule has 0 radical (unpaired) electrons. The van der Waals surface area contributed by atoms with Crippen LogP contribution in [0.1, 0.15) is 48.7 Å². The van der Waals surface area contributed by atoms with Gasteiger partial charge < -0.3 is 19.4 Å². The number of benzene rings is 2. The highest BCUT2D eigenvalue weighted by molar-refractivity contribution is 9.10. The minimum Gasteiger partial charge on any atom is -0.486 e. The zero-order valence-corrected chi connectivity index (χ0v) is 19.5. The summed E-state index contributed by atoms with van der Waals surface area (Å²) in [6, 6.07) is 15.3. The monoisotopic (exact) mass is 496 g/mol. The van der Waals surface area contributed by atoms with Crippen molar-refractivity contribution in [1.29, 1.82) is 0 Å². The lowest BCUT2D eigenvalue weighted by atomic mass is 9.97. The van der Waals surface area contributed by atoms with E-state index in [0.29, 0.717) is 11.3 Å². The van der Waals surface area contributed by atoms with E-state index in [1.807, 2.05) is 48.5 Å². The minimum atomic E-state index is -1.19. The second-order valence-electron chi connectivity index (χ2n) is 8.80. The van der Waals surface area contributed by atoms with E-state index < -0.39 is 5.54 Å². The van der Waals surface area contributed by atoms with Crippen molar-refractivity contribution in [2.24, 2.45) is 0 Å². The lowest BCUT2D eigenvalue weighted by molar-refractivity contribution is -0.133. The van der Waals surface area contributed by atoms with Crippen molar-refractivity contribution in [1.82, 2.24) is 10.2 Å². The van der Waals surface area contributed by atoms with E-state index in [2.05, 4.69) is 21.2 Å². The van der Waals surface area contributed by atoms with Crippen LogP contribution in [-0.4, -0.2) is 34.9 Å². The Morgan fingerprint density at radius 1 is 1.19 bits per heavy atom. The molecule has 1 unspecified atom stereocenters. The fraction of sp³-hybridized carbons (Fsp3) is 0.360. The number of nitrogens with zero attached hydrogens (tertiary/aromatic N) is 1. The number of para-hydroxylation sites is 1. The predicted octanol–water partition coefficient (Wildman–Crippen LogP) is 5.05. The number of halogens is 1. The molecule has 1 aliphatic carbocycles. The van der Waals surface area contributed by atoms with Crippen LogP contribution in [0.2, 0.25) is 0 Å². The van der Waals surface area contributed by atoms with Gasteiger partial charge in [0.15, 0.2) is 11.3 Å². The number of hydrogen-bond acceptors (Lipinski definition) is 4. The van der Waals surface area contributed by atoms with E-state index in [1.54, 1.807) is 11.8 Å². The largest absolute Gasteiger partial charge is 0.486 e. The Bertz CT molecular complexity index is 1180. The molecule has 1 aromatic heterocycles. The highest BCUT2D eigenvalue weighted by atomic mass is 79.9. The molecule has 2 aliphatic rings. The SMILES string of the molecule is CC1(C(=O)NC2CCCC2)COc2c(oc3ccccc23)C(=O)N1Cc1cccc(Br)c1. The Morgan fingerprint density at radius 3 is 2.75 bits per heavy atom. The van der Waals surface area contributed by atoms with Crippen molar-refractivity contribution in [3.05, 3.63) is 64.3 Å².